The number of hydrogen-bond acceptors (Lipinski definition) is 4. The zero-order chi connectivity index (χ0) is 14.5. The molecule has 0 aliphatic heterocycles. The smallest absolute Gasteiger partial charge is 0.339 e. The summed E-state index contributed by atoms with van der Waals surface area (Å²) in [5.41, 5.74) is 0.672. The Balaban J connectivity index is 2.00. The van der Waals surface area contributed by atoms with Gasteiger partial charge in [-0.15, -0.1) is 0 Å². The SMILES string of the molecule is COC(=O)c1ccc(C(=O)NC2CCCCC2C)nc1. The van der Waals surface area contributed by atoms with Gasteiger partial charge in [0.15, 0.2) is 0 Å². The summed E-state index contributed by atoms with van der Waals surface area (Å²) in [6.07, 6.45) is 5.93. The van der Waals surface area contributed by atoms with Gasteiger partial charge in [0.05, 0.1) is 12.7 Å². The largest absolute Gasteiger partial charge is 0.465 e. The van der Waals surface area contributed by atoms with Crippen LogP contribution in [-0.2, 0) is 4.74 Å². The van der Waals surface area contributed by atoms with E-state index in [0.717, 1.165) is 19.3 Å². The minimum atomic E-state index is -0.453. The molecular formula is C15H20N2O3. The van der Waals surface area contributed by atoms with Crippen LogP contribution >= 0.6 is 0 Å². The first-order chi connectivity index (χ1) is 9.61. The van der Waals surface area contributed by atoms with Crippen LogP contribution in [-0.4, -0.2) is 30.0 Å². The van der Waals surface area contributed by atoms with Crippen LogP contribution in [0, 0.1) is 5.92 Å². The Bertz CT molecular complexity index is 484. The predicted octanol–water partition coefficient (Wildman–Crippen LogP) is 2.18. The predicted molar refractivity (Wildman–Crippen MR) is 74.5 cm³/mol. The van der Waals surface area contributed by atoms with E-state index < -0.39 is 5.97 Å². The minimum absolute atomic E-state index is 0.180. The number of esters is 1. The van der Waals surface area contributed by atoms with Gasteiger partial charge in [-0.1, -0.05) is 19.8 Å². The van der Waals surface area contributed by atoms with Gasteiger partial charge >= 0.3 is 5.97 Å². The molecule has 2 rings (SSSR count). The van der Waals surface area contributed by atoms with E-state index in [1.807, 2.05) is 0 Å². The molecule has 0 spiro atoms. The van der Waals surface area contributed by atoms with Crippen molar-refractivity contribution in [1.29, 1.82) is 0 Å². The Hall–Kier alpha value is -1.91. The molecule has 2 unspecified atom stereocenters. The molecule has 1 aromatic heterocycles. The summed E-state index contributed by atoms with van der Waals surface area (Å²) in [5.74, 6) is -0.132. The second kappa shape index (κ2) is 6.50. The van der Waals surface area contributed by atoms with Crippen LogP contribution in [0.25, 0.3) is 0 Å². The van der Waals surface area contributed by atoms with Gasteiger partial charge in [0.1, 0.15) is 5.69 Å². The van der Waals surface area contributed by atoms with Crippen LogP contribution < -0.4 is 5.32 Å². The Labute approximate surface area is 118 Å². The molecule has 1 aromatic rings. The van der Waals surface area contributed by atoms with Crippen molar-refractivity contribution in [1.82, 2.24) is 10.3 Å². The number of pyridine rings is 1. The molecule has 0 aromatic carbocycles. The molecule has 2 atom stereocenters. The van der Waals surface area contributed by atoms with Gasteiger partial charge in [0, 0.05) is 12.2 Å². The number of carbonyl (C=O) groups is 2. The van der Waals surface area contributed by atoms with Crippen molar-refractivity contribution >= 4 is 11.9 Å². The zero-order valence-electron chi connectivity index (χ0n) is 11.9. The van der Waals surface area contributed by atoms with Gasteiger partial charge in [-0.2, -0.15) is 0 Å². The molecule has 1 aliphatic carbocycles. The number of nitrogens with zero attached hydrogens (tertiary/aromatic N) is 1. The third-order valence-electron chi connectivity index (χ3n) is 3.85. The summed E-state index contributed by atoms with van der Waals surface area (Å²) >= 11 is 0. The van der Waals surface area contributed by atoms with Crippen LogP contribution in [0.4, 0.5) is 0 Å². The van der Waals surface area contributed by atoms with Gasteiger partial charge in [-0.05, 0) is 30.9 Å². The monoisotopic (exact) mass is 276 g/mol. The highest BCUT2D eigenvalue weighted by Gasteiger charge is 2.23. The van der Waals surface area contributed by atoms with Crippen LogP contribution in [0.15, 0.2) is 18.3 Å². The molecule has 1 heterocycles. The van der Waals surface area contributed by atoms with E-state index in [9.17, 15) is 9.59 Å². The Kier molecular flexibility index (Phi) is 4.71. The molecule has 20 heavy (non-hydrogen) atoms. The summed E-state index contributed by atoms with van der Waals surface area (Å²) in [6, 6.07) is 3.32. The first-order valence-corrected chi connectivity index (χ1v) is 6.97. The van der Waals surface area contributed by atoms with Gasteiger partial charge in [0.25, 0.3) is 5.91 Å². The number of amides is 1. The fraction of sp³-hybridized carbons (Fsp3) is 0.533. The third-order valence-corrected chi connectivity index (χ3v) is 3.85. The molecule has 1 fully saturated rings. The van der Waals surface area contributed by atoms with E-state index in [-0.39, 0.29) is 11.9 Å². The highest BCUT2D eigenvalue weighted by atomic mass is 16.5. The van der Waals surface area contributed by atoms with Crippen molar-refractivity contribution in [2.75, 3.05) is 7.11 Å². The lowest BCUT2D eigenvalue weighted by Gasteiger charge is -2.29. The van der Waals surface area contributed by atoms with Gasteiger partial charge in [-0.25, -0.2) is 4.79 Å². The molecule has 1 aliphatic rings. The molecule has 0 bridgehead atoms. The van der Waals surface area contributed by atoms with Crippen molar-refractivity contribution in [2.24, 2.45) is 5.92 Å². The van der Waals surface area contributed by atoms with Gasteiger partial charge < -0.3 is 10.1 Å². The van der Waals surface area contributed by atoms with E-state index in [2.05, 4.69) is 22.0 Å². The van der Waals surface area contributed by atoms with Crippen LogP contribution in [0.1, 0.15) is 53.5 Å². The Morgan fingerprint density at radius 3 is 2.65 bits per heavy atom. The number of carbonyl (C=O) groups excluding carboxylic acids is 2. The summed E-state index contributed by atoms with van der Waals surface area (Å²) in [6.45, 7) is 2.16. The topological polar surface area (TPSA) is 68.3 Å². The summed E-state index contributed by atoms with van der Waals surface area (Å²) in [5, 5.41) is 3.03. The number of aromatic nitrogens is 1. The fourth-order valence-corrected chi connectivity index (χ4v) is 2.54. The second-order valence-corrected chi connectivity index (χ2v) is 5.27. The summed E-state index contributed by atoms with van der Waals surface area (Å²) < 4.78 is 4.59. The van der Waals surface area contributed by atoms with Crippen molar-refractivity contribution in [3.63, 3.8) is 0 Å². The van der Waals surface area contributed by atoms with Gasteiger partial charge in [-0.3, -0.25) is 9.78 Å². The normalized spacial score (nSPS) is 22.1. The van der Waals surface area contributed by atoms with Crippen LogP contribution in [0.2, 0.25) is 0 Å². The summed E-state index contributed by atoms with van der Waals surface area (Å²) in [7, 11) is 1.31. The third kappa shape index (κ3) is 3.35. The average Bonchev–Trinajstić information content (AvgIpc) is 2.49. The molecule has 108 valence electrons. The van der Waals surface area contributed by atoms with E-state index in [0.29, 0.717) is 17.2 Å². The number of rotatable bonds is 3. The average molecular weight is 276 g/mol. The molecule has 1 saturated carbocycles. The molecular weight excluding hydrogens is 256 g/mol. The highest BCUT2D eigenvalue weighted by molar-refractivity contribution is 5.94. The first-order valence-electron chi connectivity index (χ1n) is 6.97. The number of nitrogens with one attached hydrogen (secondary N) is 1. The second-order valence-electron chi connectivity index (χ2n) is 5.27. The maximum absolute atomic E-state index is 12.1. The Morgan fingerprint density at radius 2 is 2.05 bits per heavy atom. The molecule has 1 N–H and O–H groups in total. The first kappa shape index (κ1) is 14.5. The number of ether oxygens (including phenoxy) is 1. The van der Waals surface area contributed by atoms with E-state index in [1.54, 1.807) is 12.1 Å². The van der Waals surface area contributed by atoms with Crippen molar-refractivity contribution < 1.29 is 14.3 Å². The standard InChI is InChI=1S/C15H20N2O3/c1-10-5-3-4-6-12(10)17-14(18)13-8-7-11(9-16-13)15(19)20-2/h7-10,12H,3-6H2,1-2H3,(H,17,18). The van der Waals surface area contributed by atoms with E-state index in [1.165, 1.54) is 19.7 Å². The quantitative estimate of drug-likeness (QED) is 0.859. The number of methoxy groups -OCH3 is 1. The van der Waals surface area contributed by atoms with Crippen molar-refractivity contribution in [3.8, 4) is 0 Å². The van der Waals surface area contributed by atoms with Crippen LogP contribution in [0.5, 0.6) is 0 Å². The lowest BCUT2D eigenvalue weighted by molar-refractivity contribution is 0.0599. The summed E-state index contributed by atoms with van der Waals surface area (Å²) in [4.78, 5) is 27.4. The Morgan fingerprint density at radius 1 is 1.30 bits per heavy atom. The molecule has 0 radical (unpaired) electrons. The van der Waals surface area contributed by atoms with Crippen LogP contribution in [0.3, 0.4) is 0 Å². The number of hydrogen-bond donors (Lipinski definition) is 1. The molecule has 1 amide bonds. The van der Waals surface area contributed by atoms with E-state index in [4.69, 9.17) is 0 Å². The molecule has 0 saturated heterocycles. The van der Waals surface area contributed by atoms with Crippen molar-refractivity contribution in [3.05, 3.63) is 29.6 Å². The molecule has 5 heteroatoms. The van der Waals surface area contributed by atoms with Gasteiger partial charge in [0.2, 0.25) is 0 Å². The zero-order valence-corrected chi connectivity index (χ0v) is 11.9. The maximum atomic E-state index is 12.1. The maximum Gasteiger partial charge on any atom is 0.339 e. The lowest BCUT2D eigenvalue weighted by Crippen LogP contribution is -2.41. The fourth-order valence-electron chi connectivity index (χ4n) is 2.54. The molecule has 5 nitrogen and oxygen atoms in total. The van der Waals surface area contributed by atoms with Crippen molar-refractivity contribution in [2.45, 2.75) is 38.6 Å². The lowest BCUT2D eigenvalue weighted by atomic mass is 9.86. The highest BCUT2D eigenvalue weighted by Crippen LogP contribution is 2.23. The minimum Gasteiger partial charge on any atom is -0.465 e. The van der Waals surface area contributed by atoms with E-state index >= 15 is 0 Å².